The van der Waals surface area contributed by atoms with Gasteiger partial charge < -0.3 is 14.4 Å². The molecule has 0 fully saturated rings. The average molecular weight is 492 g/mol. The van der Waals surface area contributed by atoms with E-state index in [2.05, 4.69) is 6.92 Å². The van der Waals surface area contributed by atoms with E-state index in [1.807, 2.05) is 23.6 Å². The summed E-state index contributed by atoms with van der Waals surface area (Å²) in [7, 11) is 1.65. The zero-order valence-electron chi connectivity index (χ0n) is 19.7. The maximum absolute atomic E-state index is 13.3. The van der Waals surface area contributed by atoms with Crippen LogP contribution in [0.1, 0.15) is 35.6 Å². The minimum Gasteiger partial charge on any atom is -0.482 e. The number of benzene rings is 2. The second-order valence-electron chi connectivity index (χ2n) is 8.59. The van der Waals surface area contributed by atoms with Crippen LogP contribution in [0.15, 0.2) is 41.8 Å². The Morgan fingerprint density at radius 3 is 2.74 bits per heavy atom. The third kappa shape index (κ3) is 4.27. The molecule has 0 aliphatic carbocycles. The minimum atomic E-state index is -0.711. The maximum atomic E-state index is 13.3. The van der Waals surface area contributed by atoms with Crippen molar-refractivity contribution < 1.29 is 23.9 Å². The van der Waals surface area contributed by atoms with E-state index >= 15 is 0 Å². The van der Waals surface area contributed by atoms with E-state index in [1.165, 1.54) is 9.80 Å². The summed E-state index contributed by atoms with van der Waals surface area (Å²) in [5, 5.41) is 3.07. The number of hydrogen-bond acceptors (Lipinski definition) is 7. The lowest BCUT2D eigenvalue weighted by molar-refractivity contribution is -0.125. The van der Waals surface area contributed by atoms with Gasteiger partial charge in [-0.15, -0.1) is 11.3 Å². The highest BCUT2D eigenvalue weighted by atomic mass is 32.1. The summed E-state index contributed by atoms with van der Waals surface area (Å²) < 4.78 is 11.3. The van der Waals surface area contributed by atoms with Gasteiger partial charge in [0.1, 0.15) is 11.5 Å². The Labute approximate surface area is 207 Å². The minimum absolute atomic E-state index is 0.0327. The van der Waals surface area contributed by atoms with Crippen LogP contribution in [-0.2, 0) is 16.0 Å². The average Bonchev–Trinajstić information content (AvgIpc) is 3.33. The Kier molecular flexibility index (Phi) is 6.02. The fourth-order valence-corrected chi connectivity index (χ4v) is 5.09. The zero-order valence-corrected chi connectivity index (χ0v) is 20.6. The van der Waals surface area contributed by atoms with Gasteiger partial charge in [0.05, 0.1) is 28.6 Å². The highest BCUT2D eigenvalue weighted by Crippen LogP contribution is 2.38. The normalized spacial score (nSPS) is 16.9. The van der Waals surface area contributed by atoms with Crippen LogP contribution in [0.25, 0.3) is 11.3 Å². The number of nitrogens with zero attached hydrogens (tertiary/aromatic N) is 3. The first kappa shape index (κ1) is 23.0. The molecule has 0 saturated carbocycles. The lowest BCUT2D eigenvalue weighted by atomic mass is 10.0. The van der Waals surface area contributed by atoms with Crippen molar-refractivity contribution in [3.8, 4) is 22.8 Å². The molecule has 2 aliphatic rings. The maximum Gasteiger partial charge on any atom is 0.268 e. The van der Waals surface area contributed by atoms with Crippen LogP contribution in [0, 0.1) is 0 Å². The first-order chi connectivity index (χ1) is 16.9. The van der Waals surface area contributed by atoms with Crippen LogP contribution in [-0.4, -0.2) is 48.9 Å². The number of carbonyl (C=O) groups excluding carboxylic acids is 3. The molecule has 0 N–H and O–H groups in total. The summed E-state index contributed by atoms with van der Waals surface area (Å²) in [6.45, 7) is 3.60. The van der Waals surface area contributed by atoms with E-state index in [-0.39, 0.29) is 30.7 Å². The number of carbonyl (C=O) groups is 3. The molecule has 9 heteroatoms. The number of amides is 2. The first-order valence-corrected chi connectivity index (χ1v) is 12.4. The number of ketones is 1. The van der Waals surface area contributed by atoms with E-state index < -0.39 is 6.10 Å². The number of rotatable bonds is 6. The SMILES string of the molecule is CCCc1nc(-c2ccc3c(c2)N(CC(=O)c2ccc4c(c2)N(C)C(=O)CO4)C(=O)C(C)O3)cs1. The smallest absolute Gasteiger partial charge is 0.268 e. The van der Waals surface area contributed by atoms with Gasteiger partial charge in [-0.2, -0.15) is 0 Å². The van der Waals surface area contributed by atoms with Gasteiger partial charge in [0, 0.05) is 23.6 Å². The van der Waals surface area contributed by atoms with Crippen LogP contribution in [0.5, 0.6) is 11.5 Å². The van der Waals surface area contributed by atoms with Gasteiger partial charge >= 0.3 is 0 Å². The Morgan fingerprint density at radius 2 is 1.94 bits per heavy atom. The Balaban J connectivity index is 1.45. The van der Waals surface area contributed by atoms with E-state index in [0.717, 1.165) is 29.1 Å². The topological polar surface area (TPSA) is 89.0 Å². The highest BCUT2D eigenvalue weighted by molar-refractivity contribution is 7.09. The van der Waals surface area contributed by atoms with Crippen LogP contribution in [0.4, 0.5) is 11.4 Å². The second-order valence-corrected chi connectivity index (χ2v) is 9.53. The first-order valence-electron chi connectivity index (χ1n) is 11.5. The van der Waals surface area contributed by atoms with Crippen molar-refractivity contribution in [1.82, 2.24) is 4.98 Å². The number of aromatic nitrogens is 1. The lowest BCUT2D eigenvalue weighted by Gasteiger charge is -2.33. The molecule has 3 aromatic rings. The number of likely N-dealkylation sites (N-methyl/N-ethyl adjacent to an activating group) is 1. The summed E-state index contributed by atoms with van der Waals surface area (Å²) >= 11 is 1.61. The molecule has 180 valence electrons. The van der Waals surface area contributed by atoms with Gasteiger partial charge in [-0.05, 0) is 56.2 Å². The van der Waals surface area contributed by atoms with Crippen molar-refractivity contribution in [2.45, 2.75) is 32.8 Å². The predicted octanol–water partition coefficient (Wildman–Crippen LogP) is 4.11. The van der Waals surface area contributed by atoms with E-state index in [9.17, 15) is 14.4 Å². The third-order valence-electron chi connectivity index (χ3n) is 6.15. The molecule has 2 aliphatic heterocycles. The van der Waals surface area contributed by atoms with E-state index in [0.29, 0.717) is 28.4 Å². The number of aryl methyl sites for hydroxylation is 1. The molecule has 1 atom stereocenters. The van der Waals surface area contributed by atoms with Crippen molar-refractivity contribution in [3.05, 3.63) is 52.3 Å². The largest absolute Gasteiger partial charge is 0.482 e. The summed E-state index contributed by atoms with van der Waals surface area (Å²) in [4.78, 5) is 46.0. The molecular weight excluding hydrogens is 466 g/mol. The predicted molar refractivity (Wildman–Crippen MR) is 134 cm³/mol. The number of fused-ring (bicyclic) bond motifs is 2. The Morgan fingerprint density at radius 1 is 1.14 bits per heavy atom. The molecule has 35 heavy (non-hydrogen) atoms. The quantitative estimate of drug-likeness (QED) is 0.482. The fourth-order valence-electron chi connectivity index (χ4n) is 4.18. The summed E-state index contributed by atoms with van der Waals surface area (Å²) in [6, 6.07) is 10.6. The van der Waals surface area contributed by atoms with Gasteiger partial charge in [0.15, 0.2) is 18.5 Å². The molecule has 5 rings (SSSR count). The number of thiazole rings is 1. The summed E-state index contributed by atoms with van der Waals surface area (Å²) in [5.41, 5.74) is 3.15. The van der Waals surface area contributed by atoms with Crippen molar-refractivity contribution in [2.24, 2.45) is 0 Å². The molecule has 3 heterocycles. The second kappa shape index (κ2) is 9.14. The van der Waals surface area contributed by atoms with Gasteiger partial charge in [0.25, 0.3) is 11.8 Å². The Bertz CT molecular complexity index is 1330. The number of anilines is 2. The van der Waals surface area contributed by atoms with Crippen molar-refractivity contribution in [1.29, 1.82) is 0 Å². The summed E-state index contributed by atoms with van der Waals surface area (Å²) in [5.74, 6) is 0.352. The zero-order chi connectivity index (χ0) is 24.7. The van der Waals surface area contributed by atoms with Crippen molar-refractivity contribution in [2.75, 3.05) is 30.0 Å². The molecule has 0 radical (unpaired) electrons. The van der Waals surface area contributed by atoms with Gasteiger partial charge in [-0.1, -0.05) is 6.92 Å². The number of hydrogen-bond donors (Lipinski definition) is 0. The van der Waals surface area contributed by atoms with Crippen LogP contribution < -0.4 is 19.3 Å². The molecule has 2 aromatic carbocycles. The van der Waals surface area contributed by atoms with Gasteiger partial charge in [0.2, 0.25) is 0 Å². The van der Waals surface area contributed by atoms with E-state index in [1.54, 1.807) is 43.5 Å². The standard InChI is InChI=1S/C26H25N3O5S/c1-4-5-24-27-18(14-35-24)16-6-9-23-20(10-16)29(26(32)15(2)34-23)12-21(30)17-7-8-22-19(11-17)28(3)25(31)13-33-22/h6-11,14-15H,4-5,12-13H2,1-3H3. The molecule has 1 unspecified atom stereocenters. The molecule has 2 amide bonds. The van der Waals surface area contributed by atoms with Crippen molar-refractivity contribution in [3.63, 3.8) is 0 Å². The van der Waals surface area contributed by atoms with Crippen LogP contribution in [0.2, 0.25) is 0 Å². The monoisotopic (exact) mass is 491 g/mol. The van der Waals surface area contributed by atoms with Crippen LogP contribution >= 0.6 is 11.3 Å². The van der Waals surface area contributed by atoms with E-state index in [4.69, 9.17) is 14.5 Å². The van der Waals surface area contributed by atoms with Crippen LogP contribution in [0.3, 0.4) is 0 Å². The fraction of sp³-hybridized carbons (Fsp3) is 0.308. The van der Waals surface area contributed by atoms with Crippen molar-refractivity contribution >= 4 is 40.3 Å². The van der Waals surface area contributed by atoms with Gasteiger partial charge in [-0.25, -0.2) is 4.98 Å². The molecular formula is C26H25N3O5S. The number of Topliss-reactive ketones (excluding diaryl/α,β-unsaturated/α-hetero) is 1. The van der Waals surface area contributed by atoms with Gasteiger partial charge in [-0.3, -0.25) is 19.3 Å². The molecule has 8 nitrogen and oxygen atoms in total. The molecule has 0 saturated heterocycles. The highest BCUT2D eigenvalue weighted by Gasteiger charge is 2.34. The molecule has 1 aromatic heterocycles. The molecule has 0 spiro atoms. The molecule has 0 bridgehead atoms. The lowest BCUT2D eigenvalue weighted by Crippen LogP contribution is -2.46. The number of ether oxygens (including phenoxy) is 2. The summed E-state index contributed by atoms with van der Waals surface area (Å²) in [6.07, 6.45) is 1.23. The third-order valence-corrected chi connectivity index (χ3v) is 7.06. The Hall–Kier alpha value is -3.72.